The van der Waals surface area contributed by atoms with Crippen LogP contribution < -0.4 is 0 Å². The quantitative estimate of drug-likeness (QED) is 0.109. The summed E-state index contributed by atoms with van der Waals surface area (Å²) >= 11 is 0. The molecule has 0 unspecified atom stereocenters. The molecule has 0 aliphatic heterocycles. The minimum absolute atomic E-state index is 1.15. The van der Waals surface area contributed by atoms with Gasteiger partial charge in [0, 0.05) is 11.1 Å². The van der Waals surface area contributed by atoms with E-state index in [2.05, 4.69) is 68.9 Å². The molecule has 1 aromatic rings. The van der Waals surface area contributed by atoms with Gasteiger partial charge in [0.25, 0.3) is 0 Å². The third-order valence-corrected chi connectivity index (χ3v) is 7.65. The number of unbranched alkanes of at least 4 members (excludes halogenated alkanes) is 14. The molecule has 0 amide bonds. The third kappa shape index (κ3) is 16.0. The Labute approximate surface area is 221 Å². The Bertz CT molecular complexity index is 803. The lowest BCUT2D eigenvalue weighted by atomic mass is 9.92. The first-order valence-corrected chi connectivity index (χ1v) is 18.5. The van der Waals surface area contributed by atoms with E-state index in [-0.39, 0.29) is 0 Å². The van der Waals surface area contributed by atoms with Gasteiger partial charge in [-0.1, -0.05) is 135 Å². The van der Waals surface area contributed by atoms with Crippen LogP contribution in [0.25, 0.3) is 0 Å². The molecule has 0 N–H and O–H groups in total. The van der Waals surface area contributed by atoms with Crippen LogP contribution in [-0.2, 0) is 12.8 Å². The summed E-state index contributed by atoms with van der Waals surface area (Å²) in [5, 5.41) is 0. The van der Waals surface area contributed by atoms with Gasteiger partial charge in [-0.05, 0) is 55.9 Å². The second-order valence-electron chi connectivity index (χ2n) is 11.5. The molecule has 0 nitrogen and oxygen atoms in total. The monoisotopic (exact) mass is 492 g/mol. The molecule has 1 heteroatoms. The van der Waals surface area contributed by atoms with E-state index < -0.39 is 8.07 Å². The maximum atomic E-state index is 3.59. The molecule has 35 heavy (non-hydrogen) atoms. The summed E-state index contributed by atoms with van der Waals surface area (Å²) < 4.78 is 0. The predicted molar refractivity (Wildman–Crippen MR) is 162 cm³/mol. The number of rotatable bonds is 18. The highest BCUT2D eigenvalue weighted by Crippen LogP contribution is 2.22. The predicted octanol–water partition coefficient (Wildman–Crippen LogP) is 10.7. The van der Waals surface area contributed by atoms with E-state index in [9.17, 15) is 0 Å². The fourth-order valence-electron chi connectivity index (χ4n) is 4.65. The molecule has 0 aliphatic rings. The summed E-state index contributed by atoms with van der Waals surface area (Å²) in [5.41, 5.74) is 8.97. The molecule has 1 aromatic carbocycles. The maximum Gasteiger partial charge on any atom is 0.129 e. The van der Waals surface area contributed by atoms with Crippen molar-refractivity contribution in [2.24, 2.45) is 0 Å². The lowest BCUT2D eigenvalue weighted by molar-refractivity contribution is 0.570. The van der Waals surface area contributed by atoms with Crippen molar-refractivity contribution in [2.45, 2.75) is 156 Å². The molecule has 0 saturated heterocycles. The van der Waals surface area contributed by atoms with Gasteiger partial charge in [-0.25, -0.2) is 0 Å². The highest BCUT2D eigenvalue weighted by Gasteiger charge is 2.11. The molecule has 0 saturated carbocycles. The largest absolute Gasteiger partial charge is 0.129 e. The molecule has 0 radical (unpaired) electrons. The van der Waals surface area contributed by atoms with E-state index in [0.29, 0.717) is 0 Å². The smallest absolute Gasteiger partial charge is 0.127 e. The van der Waals surface area contributed by atoms with Gasteiger partial charge in [-0.2, -0.15) is 0 Å². The standard InChI is InChI=1S/C34H56Si/c1-7-10-12-14-16-18-20-22-25-32-29-31(24-9-3)34(27-28-35(4,5)6)30-33(32)26-23-21-19-17-15-13-11-8-2/h29-30H,7-8,10-23,25-26H2,1-6H3. The second kappa shape index (κ2) is 19.7. The minimum atomic E-state index is -1.42. The van der Waals surface area contributed by atoms with Crippen molar-refractivity contribution in [2.75, 3.05) is 0 Å². The summed E-state index contributed by atoms with van der Waals surface area (Å²) in [6.07, 6.45) is 24.4. The number of benzene rings is 1. The van der Waals surface area contributed by atoms with Crippen molar-refractivity contribution in [1.82, 2.24) is 0 Å². The normalized spacial score (nSPS) is 11.0. The fourth-order valence-corrected chi connectivity index (χ4v) is 5.16. The van der Waals surface area contributed by atoms with Crippen molar-refractivity contribution in [1.29, 1.82) is 0 Å². The van der Waals surface area contributed by atoms with Gasteiger partial charge in [0.05, 0.1) is 0 Å². The van der Waals surface area contributed by atoms with Crippen LogP contribution in [0.2, 0.25) is 19.6 Å². The molecule has 0 aliphatic carbocycles. The first-order chi connectivity index (χ1) is 16.9. The first-order valence-electron chi connectivity index (χ1n) is 15.0. The lowest BCUT2D eigenvalue weighted by Crippen LogP contribution is -2.16. The van der Waals surface area contributed by atoms with E-state index in [1.807, 2.05) is 6.92 Å². The van der Waals surface area contributed by atoms with Crippen LogP contribution in [-0.4, -0.2) is 8.07 Å². The summed E-state index contributed by atoms with van der Waals surface area (Å²) in [6.45, 7) is 13.5. The highest BCUT2D eigenvalue weighted by molar-refractivity contribution is 6.83. The molecule has 0 spiro atoms. The van der Waals surface area contributed by atoms with Gasteiger partial charge in [-0.3, -0.25) is 0 Å². The molecule has 196 valence electrons. The van der Waals surface area contributed by atoms with E-state index in [1.165, 1.54) is 121 Å². The average Bonchev–Trinajstić information content (AvgIpc) is 2.82. The molecule has 0 atom stereocenters. The topological polar surface area (TPSA) is 0 Å². The van der Waals surface area contributed by atoms with Crippen LogP contribution in [0.5, 0.6) is 0 Å². The molecule has 0 heterocycles. The van der Waals surface area contributed by atoms with E-state index >= 15 is 0 Å². The Hall–Kier alpha value is -1.44. The average molecular weight is 493 g/mol. The summed E-state index contributed by atoms with van der Waals surface area (Å²) in [7, 11) is -1.42. The van der Waals surface area contributed by atoms with Crippen molar-refractivity contribution in [3.63, 3.8) is 0 Å². The summed E-state index contributed by atoms with van der Waals surface area (Å²) in [6, 6.07) is 4.81. The molecular weight excluding hydrogens is 436 g/mol. The highest BCUT2D eigenvalue weighted by atomic mass is 28.3. The number of hydrogen-bond acceptors (Lipinski definition) is 0. The summed E-state index contributed by atoms with van der Waals surface area (Å²) in [5.74, 6) is 10.1. The second-order valence-corrected chi connectivity index (χ2v) is 16.2. The van der Waals surface area contributed by atoms with Crippen LogP contribution in [0.4, 0.5) is 0 Å². The van der Waals surface area contributed by atoms with E-state index in [1.54, 1.807) is 5.56 Å². The van der Waals surface area contributed by atoms with Gasteiger partial charge in [0.2, 0.25) is 0 Å². The first kappa shape index (κ1) is 31.6. The van der Waals surface area contributed by atoms with Crippen LogP contribution in [0.15, 0.2) is 12.1 Å². The zero-order valence-corrected chi connectivity index (χ0v) is 25.4. The van der Waals surface area contributed by atoms with Crippen LogP contribution >= 0.6 is 0 Å². The maximum absolute atomic E-state index is 3.59. The van der Waals surface area contributed by atoms with Crippen molar-refractivity contribution >= 4 is 8.07 Å². The van der Waals surface area contributed by atoms with Crippen molar-refractivity contribution in [3.05, 3.63) is 34.4 Å². The third-order valence-electron chi connectivity index (χ3n) is 6.77. The van der Waals surface area contributed by atoms with Crippen LogP contribution in [0.1, 0.15) is 146 Å². The Kier molecular flexibility index (Phi) is 17.8. The van der Waals surface area contributed by atoms with E-state index in [0.717, 1.165) is 11.1 Å². The molecule has 0 aromatic heterocycles. The molecule has 0 fully saturated rings. The Morgan fingerprint density at radius 1 is 0.543 bits per heavy atom. The lowest BCUT2D eigenvalue weighted by Gasteiger charge is -2.13. The number of aryl methyl sites for hydroxylation is 2. The van der Waals surface area contributed by atoms with Gasteiger partial charge >= 0.3 is 0 Å². The fraction of sp³-hybridized carbons (Fsp3) is 0.706. The van der Waals surface area contributed by atoms with Gasteiger partial charge in [0.15, 0.2) is 0 Å². The SMILES string of the molecule is CC#Cc1cc(CCCCCCCCCC)c(CCCCCCCCCC)cc1C#C[Si](C)(C)C. The Morgan fingerprint density at radius 2 is 0.914 bits per heavy atom. The van der Waals surface area contributed by atoms with Gasteiger partial charge in [0.1, 0.15) is 8.07 Å². The zero-order valence-electron chi connectivity index (χ0n) is 24.4. The van der Waals surface area contributed by atoms with E-state index in [4.69, 9.17) is 0 Å². The molecule has 0 bridgehead atoms. The summed E-state index contributed by atoms with van der Waals surface area (Å²) in [4.78, 5) is 0. The van der Waals surface area contributed by atoms with Crippen molar-refractivity contribution in [3.8, 4) is 23.3 Å². The number of hydrogen-bond donors (Lipinski definition) is 0. The van der Waals surface area contributed by atoms with Crippen molar-refractivity contribution < 1.29 is 0 Å². The van der Waals surface area contributed by atoms with Crippen LogP contribution in [0, 0.1) is 23.3 Å². The molecular formula is C34H56Si. The van der Waals surface area contributed by atoms with Crippen LogP contribution in [0.3, 0.4) is 0 Å². The minimum Gasteiger partial charge on any atom is -0.127 e. The molecule has 1 rings (SSSR count). The van der Waals surface area contributed by atoms with Gasteiger partial charge < -0.3 is 0 Å². The van der Waals surface area contributed by atoms with Gasteiger partial charge in [-0.15, -0.1) is 11.5 Å². The zero-order chi connectivity index (χ0) is 25.8. The Morgan fingerprint density at radius 3 is 1.29 bits per heavy atom. The Balaban J connectivity index is 2.82.